The third-order valence-electron chi connectivity index (χ3n) is 1.78. The molecule has 0 saturated heterocycles. The molecule has 0 bridgehead atoms. The Bertz CT molecular complexity index is 471. The van der Waals surface area contributed by atoms with Gasteiger partial charge in [-0.05, 0) is 19.1 Å². The van der Waals surface area contributed by atoms with Gasteiger partial charge in [-0.1, -0.05) is 0 Å². The van der Waals surface area contributed by atoms with Crippen LogP contribution in [-0.2, 0) is 9.53 Å². The molecule has 0 aliphatic rings. The van der Waals surface area contributed by atoms with Crippen molar-refractivity contribution in [1.82, 2.24) is 4.98 Å². The highest BCUT2D eigenvalue weighted by molar-refractivity contribution is 5.89. The summed E-state index contributed by atoms with van der Waals surface area (Å²) in [6.45, 7) is 1.89. The molecule has 5 nitrogen and oxygen atoms in total. The van der Waals surface area contributed by atoms with Gasteiger partial charge in [0.15, 0.2) is 5.82 Å². The zero-order valence-corrected chi connectivity index (χ0v) is 9.01. The van der Waals surface area contributed by atoms with Crippen LogP contribution in [0.25, 0.3) is 6.08 Å². The van der Waals surface area contributed by atoms with Gasteiger partial charge in [0.2, 0.25) is 0 Å². The van der Waals surface area contributed by atoms with E-state index in [1.54, 1.807) is 6.92 Å². The molecule has 17 heavy (non-hydrogen) atoms. The molecule has 0 aromatic carbocycles. The van der Waals surface area contributed by atoms with Crippen LogP contribution in [0.2, 0.25) is 0 Å². The summed E-state index contributed by atoms with van der Waals surface area (Å²) in [5.41, 5.74) is -0.333. The van der Waals surface area contributed by atoms with Gasteiger partial charge in [-0.15, -0.1) is 0 Å². The Hall–Kier alpha value is -2.24. The highest BCUT2D eigenvalue weighted by Crippen LogP contribution is 2.09. The summed E-state index contributed by atoms with van der Waals surface area (Å²) < 4.78 is 17.6. The average molecular weight is 239 g/mol. The number of aromatic nitrogens is 1. The predicted octanol–water partition coefficient (Wildman–Crippen LogP) is 1.50. The van der Waals surface area contributed by atoms with Crippen molar-refractivity contribution in [1.29, 1.82) is 0 Å². The SMILES string of the molecule is CCOC(=O)C=Cc1cc(C(=O)O)c(F)cn1. The van der Waals surface area contributed by atoms with E-state index in [0.717, 1.165) is 18.3 Å². The average Bonchev–Trinajstić information content (AvgIpc) is 2.28. The van der Waals surface area contributed by atoms with Gasteiger partial charge < -0.3 is 9.84 Å². The topological polar surface area (TPSA) is 76.5 Å². The van der Waals surface area contributed by atoms with Crippen molar-refractivity contribution in [3.05, 3.63) is 35.4 Å². The lowest BCUT2D eigenvalue weighted by molar-refractivity contribution is -0.137. The number of hydrogen-bond donors (Lipinski definition) is 1. The second kappa shape index (κ2) is 5.74. The Balaban J connectivity index is 2.89. The van der Waals surface area contributed by atoms with Crippen LogP contribution >= 0.6 is 0 Å². The number of ether oxygens (including phenoxy) is 1. The molecule has 0 spiro atoms. The molecule has 1 heterocycles. The Labute approximate surface area is 96.5 Å². The van der Waals surface area contributed by atoms with E-state index in [1.807, 2.05) is 0 Å². The van der Waals surface area contributed by atoms with Crippen LogP contribution in [0.1, 0.15) is 23.0 Å². The standard InChI is InChI=1S/C11H10FNO4/c1-2-17-10(14)4-3-7-5-8(11(15)16)9(12)6-13-7/h3-6H,2H2,1H3,(H,15,16). The number of nitrogens with zero attached hydrogens (tertiary/aromatic N) is 1. The number of carboxylic acid groups (broad SMARTS) is 1. The smallest absolute Gasteiger partial charge is 0.338 e. The molecule has 0 atom stereocenters. The molecule has 0 radical (unpaired) electrons. The van der Waals surface area contributed by atoms with E-state index in [9.17, 15) is 14.0 Å². The maximum absolute atomic E-state index is 13.0. The highest BCUT2D eigenvalue weighted by Gasteiger charge is 2.10. The predicted molar refractivity (Wildman–Crippen MR) is 56.8 cm³/mol. The van der Waals surface area contributed by atoms with Gasteiger partial charge in [0.1, 0.15) is 0 Å². The molecular weight excluding hydrogens is 229 g/mol. The van der Waals surface area contributed by atoms with Gasteiger partial charge in [0, 0.05) is 6.08 Å². The second-order valence-electron chi connectivity index (χ2n) is 2.98. The van der Waals surface area contributed by atoms with Crippen molar-refractivity contribution in [2.24, 2.45) is 0 Å². The Morgan fingerprint density at radius 1 is 1.59 bits per heavy atom. The number of aromatic carboxylic acids is 1. The number of carbonyl (C=O) groups is 2. The van der Waals surface area contributed by atoms with Crippen molar-refractivity contribution in [2.75, 3.05) is 6.61 Å². The fourth-order valence-corrected chi connectivity index (χ4v) is 1.05. The van der Waals surface area contributed by atoms with E-state index in [4.69, 9.17) is 5.11 Å². The summed E-state index contributed by atoms with van der Waals surface area (Å²) in [4.78, 5) is 25.2. The van der Waals surface area contributed by atoms with Crippen LogP contribution in [0, 0.1) is 5.82 Å². The first-order valence-corrected chi connectivity index (χ1v) is 4.78. The van der Waals surface area contributed by atoms with E-state index in [-0.39, 0.29) is 12.3 Å². The molecule has 0 saturated carbocycles. The quantitative estimate of drug-likeness (QED) is 0.636. The minimum absolute atomic E-state index is 0.164. The summed E-state index contributed by atoms with van der Waals surface area (Å²) in [5.74, 6) is -2.89. The monoisotopic (exact) mass is 239 g/mol. The van der Waals surface area contributed by atoms with Gasteiger partial charge in [-0.2, -0.15) is 0 Å². The summed E-state index contributed by atoms with van der Waals surface area (Å²) in [5, 5.41) is 8.67. The van der Waals surface area contributed by atoms with Crippen molar-refractivity contribution in [2.45, 2.75) is 6.92 Å². The molecule has 90 valence electrons. The van der Waals surface area contributed by atoms with Crippen molar-refractivity contribution < 1.29 is 23.8 Å². The largest absolute Gasteiger partial charge is 0.478 e. The third kappa shape index (κ3) is 3.67. The fraction of sp³-hybridized carbons (Fsp3) is 0.182. The Morgan fingerprint density at radius 3 is 2.88 bits per heavy atom. The maximum atomic E-state index is 13.0. The van der Waals surface area contributed by atoms with E-state index in [2.05, 4.69) is 9.72 Å². The van der Waals surface area contributed by atoms with Crippen molar-refractivity contribution in [3.63, 3.8) is 0 Å². The molecule has 0 unspecified atom stereocenters. The van der Waals surface area contributed by atoms with Crippen LogP contribution in [0.15, 0.2) is 18.3 Å². The number of esters is 1. The van der Waals surface area contributed by atoms with Gasteiger partial charge in [-0.25, -0.2) is 14.0 Å². The zero-order valence-electron chi connectivity index (χ0n) is 9.01. The summed E-state index contributed by atoms with van der Waals surface area (Å²) in [6.07, 6.45) is 3.13. The fourth-order valence-electron chi connectivity index (χ4n) is 1.05. The lowest BCUT2D eigenvalue weighted by atomic mass is 10.2. The lowest BCUT2D eigenvalue weighted by Crippen LogP contribution is -2.02. The number of halogens is 1. The van der Waals surface area contributed by atoms with Crippen LogP contribution in [-0.4, -0.2) is 28.6 Å². The van der Waals surface area contributed by atoms with Gasteiger partial charge in [0.25, 0.3) is 0 Å². The van der Waals surface area contributed by atoms with Gasteiger partial charge in [-0.3, -0.25) is 4.98 Å². The van der Waals surface area contributed by atoms with E-state index in [0.29, 0.717) is 0 Å². The summed E-state index contributed by atoms with van der Waals surface area (Å²) >= 11 is 0. The number of rotatable bonds is 4. The first-order chi connectivity index (χ1) is 8.04. The molecule has 6 heteroatoms. The van der Waals surface area contributed by atoms with E-state index >= 15 is 0 Å². The molecule has 0 amide bonds. The van der Waals surface area contributed by atoms with E-state index < -0.39 is 23.3 Å². The van der Waals surface area contributed by atoms with Gasteiger partial charge in [0.05, 0.1) is 24.1 Å². The highest BCUT2D eigenvalue weighted by atomic mass is 19.1. The minimum Gasteiger partial charge on any atom is -0.478 e. The molecule has 0 aliphatic carbocycles. The minimum atomic E-state index is -1.39. The molecule has 1 rings (SSSR count). The molecular formula is C11H10FNO4. The van der Waals surface area contributed by atoms with Crippen LogP contribution in [0.3, 0.4) is 0 Å². The van der Waals surface area contributed by atoms with Crippen LogP contribution in [0.4, 0.5) is 4.39 Å². The maximum Gasteiger partial charge on any atom is 0.338 e. The molecule has 1 aromatic heterocycles. The molecule has 0 aliphatic heterocycles. The van der Waals surface area contributed by atoms with Crippen molar-refractivity contribution in [3.8, 4) is 0 Å². The number of carbonyl (C=O) groups excluding carboxylic acids is 1. The van der Waals surface area contributed by atoms with Crippen LogP contribution in [0.5, 0.6) is 0 Å². The molecule has 1 N–H and O–H groups in total. The molecule has 0 fully saturated rings. The molecule has 1 aromatic rings. The van der Waals surface area contributed by atoms with Crippen molar-refractivity contribution >= 4 is 18.0 Å². The Kier molecular flexibility index (Phi) is 4.33. The first kappa shape index (κ1) is 12.8. The normalized spacial score (nSPS) is 10.5. The van der Waals surface area contributed by atoms with E-state index in [1.165, 1.54) is 6.08 Å². The number of pyridine rings is 1. The summed E-state index contributed by atoms with van der Waals surface area (Å²) in [7, 11) is 0. The number of hydrogen-bond acceptors (Lipinski definition) is 4. The third-order valence-corrected chi connectivity index (χ3v) is 1.78. The van der Waals surface area contributed by atoms with Gasteiger partial charge >= 0.3 is 11.9 Å². The lowest BCUT2D eigenvalue weighted by Gasteiger charge is -1.98. The Morgan fingerprint density at radius 2 is 2.29 bits per heavy atom. The van der Waals surface area contributed by atoms with Crippen LogP contribution < -0.4 is 0 Å². The number of carboxylic acids is 1. The first-order valence-electron chi connectivity index (χ1n) is 4.78. The summed E-state index contributed by atoms with van der Waals surface area (Å²) in [6, 6.07) is 1.04. The second-order valence-corrected chi connectivity index (χ2v) is 2.98. The zero-order chi connectivity index (χ0) is 12.8.